The number of rotatable bonds is 36. The van der Waals surface area contributed by atoms with Gasteiger partial charge in [-0.1, -0.05) is 0 Å². The molecule has 296 valence electrons. The molecule has 0 saturated carbocycles. The molecular formula is C32H68O12S4Sn. The van der Waals surface area contributed by atoms with E-state index in [1.165, 1.54) is 0 Å². The third-order valence-electron chi connectivity index (χ3n) is 7.91. The zero-order valence-electron chi connectivity index (χ0n) is 30.8. The van der Waals surface area contributed by atoms with Gasteiger partial charge in [0.25, 0.3) is 0 Å². The molecule has 0 aliphatic rings. The molecule has 0 radical (unpaired) electrons. The van der Waals surface area contributed by atoms with Crippen molar-refractivity contribution in [3.8, 4) is 0 Å². The summed E-state index contributed by atoms with van der Waals surface area (Å²) in [5.74, 6) is -2.44. The van der Waals surface area contributed by atoms with Crippen LogP contribution in [-0.4, -0.2) is 76.7 Å². The molecule has 0 aromatic heterocycles. The molecule has 0 saturated heterocycles. The van der Waals surface area contributed by atoms with Gasteiger partial charge >= 0.3 is 309 Å². The van der Waals surface area contributed by atoms with E-state index in [1.54, 1.807) is 0 Å². The van der Waals surface area contributed by atoms with Crippen molar-refractivity contribution in [2.24, 2.45) is 0 Å². The summed E-state index contributed by atoms with van der Waals surface area (Å²) in [6, 6.07) is 0. The van der Waals surface area contributed by atoms with Crippen LogP contribution < -0.4 is 0 Å². The molecule has 0 heterocycles. The Morgan fingerprint density at radius 2 is 0.449 bits per heavy atom. The van der Waals surface area contributed by atoms with E-state index in [-0.39, 0.29) is 25.7 Å². The summed E-state index contributed by atoms with van der Waals surface area (Å²) in [5.41, 5.74) is 0. The monoisotopic (exact) mass is 892 g/mol. The van der Waals surface area contributed by atoms with Gasteiger partial charge in [0.2, 0.25) is 0 Å². The zero-order valence-corrected chi connectivity index (χ0v) is 37.0. The van der Waals surface area contributed by atoms with Gasteiger partial charge in [0, 0.05) is 0 Å². The standard InChI is InChI=1S/4C8H18O3S.Sn/c4*1-2-3-4-5-6-7-8-12(9,10)11;/h4*2-8H2,1H3,(H,9,10,11);/q;;;;+4/p-4. The summed E-state index contributed by atoms with van der Waals surface area (Å²) < 4.78 is 127. The van der Waals surface area contributed by atoms with Gasteiger partial charge < -0.3 is 0 Å². The minimum absolute atomic E-state index is 0.132. The molecule has 0 N–H and O–H groups in total. The first-order chi connectivity index (χ1) is 23.1. The Morgan fingerprint density at radius 1 is 0.286 bits per heavy atom. The predicted molar refractivity (Wildman–Crippen MR) is 199 cm³/mol. The van der Waals surface area contributed by atoms with Crippen LogP contribution in [-0.2, 0) is 50.6 Å². The second-order valence-electron chi connectivity index (χ2n) is 13.0. The third kappa shape index (κ3) is 28.6. The molecule has 49 heavy (non-hydrogen) atoms. The topological polar surface area (TPSA) is 173 Å². The Hall–Kier alpha value is 0.439. The van der Waals surface area contributed by atoms with Gasteiger partial charge in [-0.05, 0) is 0 Å². The molecule has 0 atom stereocenters. The van der Waals surface area contributed by atoms with Crippen molar-refractivity contribution in [2.75, 3.05) is 23.0 Å². The van der Waals surface area contributed by atoms with Crippen LogP contribution in [0.1, 0.15) is 182 Å². The molecule has 0 unspecified atom stereocenters. The number of hydrogen-bond acceptors (Lipinski definition) is 12. The summed E-state index contributed by atoms with van der Waals surface area (Å²) >= 11 is -7.08. The average Bonchev–Trinajstić information content (AvgIpc) is 2.99. The van der Waals surface area contributed by atoms with Gasteiger partial charge in [-0.2, -0.15) is 0 Å². The molecule has 0 spiro atoms. The van der Waals surface area contributed by atoms with Gasteiger partial charge in [0.15, 0.2) is 0 Å². The van der Waals surface area contributed by atoms with Crippen molar-refractivity contribution >= 4 is 60.5 Å². The first-order valence-electron chi connectivity index (χ1n) is 18.8. The van der Waals surface area contributed by atoms with Crippen LogP contribution in [0.4, 0.5) is 0 Å². The summed E-state index contributed by atoms with van der Waals surface area (Å²) in [4.78, 5) is 0. The zero-order chi connectivity index (χ0) is 37.1. The number of hydrogen-bond donors (Lipinski definition) is 0. The molecule has 0 aliphatic heterocycles. The van der Waals surface area contributed by atoms with Crippen molar-refractivity contribution in [3.63, 3.8) is 0 Å². The van der Waals surface area contributed by atoms with Gasteiger partial charge in [-0.3, -0.25) is 0 Å². The molecule has 0 amide bonds. The second-order valence-corrected chi connectivity index (χ2v) is 28.3. The maximum atomic E-state index is 13.3. The van der Waals surface area contributed by atoms with Crippen molar-refractivity contribution in [3.05, 3.63) is 0 Å². The van der Waals surface area contributed by atoms with Gasteiger partial charge in [-0.25, -0.2) is 0 Å². The summed E-state index contributed by atoms with van der Waals surface area (Å²) in [7, 11) is -18.9. The second kappa shape index (κ2) is 28.0. The Kier molecular flexibility index (Phi) is 28.2. The van der Waals surface area contributed by atoms with E-state index in [2.05, 4.69) is 0 Å². The van der Waals surface area contributed by atoms with Crippen molar-refractivity contribution in [1.82, 2.24) is 0 Å². The maximum absolute atomic E-state index is 13.3. The minimum atomic E-state index is -7.08. The van der Waals surface area contributed by atoms with Crippen LogP contribution in [0.3, 0.4) is 0 Å². The average molecular weight is 892 g/mol. The molecule has 0 bridgehead atoms. The molecule has 0 aromatic rings. The SMILES string of the molecule is CCCCCCCCS(=O)(=O)[O][Sn]([O]S(=O)(=O)CCCCCCCC)([O]S(=O)(=O)CCCCCCCC)[O]S(=O)(=O)CCCCCCCC. The first-order valence-corrected chi connectivity index (χ1v) is 29.8. The van der Waals surface area contributed by atoms with E-state index in [4.69, 9.17) is 10.1 Å². The van der Waals surface area contributed by atoms with Crippen LogP contribution in [0.2, 0.25) is 0 Å². The van der Waals surface area contributed by atoms with E-state index < -0.39 is 83.5 Å². The van der Waals surface area contributed by atoms with Crippen LogP contribution in [0.5, 0.6) is 0 Å². The fraction of sp³-hybridized carbons (Fsp3) is 1.00. The van der Waals surface area contributed by atoms with Crippen LogP contribution >= 0.6 is 0 Å². The van der Waals surface area contributed by atoms with Gasteiger partial charge in [0.05, 0.1) is 0 Å². The van der Waals surface area contributed by atoms with E-state index >= 15 is 0 Å². The van der Waals surface area contributed by atoms with Gasteiger partial charge in [0.1, 0.15) is 0 Å². The number of unbranched alkanes of at least 4 members (excludes halogenated alkanes) is 20. The normalized spacial score (nSPS) is 13.3. The van der Waals surface area contributed by atoms with E-state index in [0.29, 0.717) is 25.7 Å². The summed E-state index contributed by atoms with van der Waals surface area (Å²) in [6.07, 6.45) is 17.2. The quantitative estimate of drug-likeness (QED) is 0.0436. The van der Waals surface area contributed by atoms with Crippen LogP contribution in [0.15, 0.2) is 0 Å². The molecule has 17 heteroatoms. The van der Waals surface area contributed by atoms with E-state index in [9.17, 15) is 33.7 Å². The Morgan fingerprint density at radius 3 is 0.633 bits per heavy atom. The Balaban J connectivity index is 6.36. The van der Waals surface area contributed by atoms with E-state index in [1.807, 2.05) is 27.7 Å². The molecular weight excluding hydrogens is 823 g/mol. The third-order valence-corrected chi connectivity index (χ3v) is 28.6. The summed E-state index contributed by atoms with van der Waals surface area (Å²) in [5, 5.41) is 0. The van der Waals surface area contributed by atoms with Crippen molar-refractivity contribution in [2.45, 2.75) is 182 Å². The molecule has 0 fully saturated rings. The Labute approximate surface area is 307 Å². The van der Waals surface area contributed by atoms with E-state index in [0.717, 1.165) is 103 Å². The van der Waals surface area contributed by atoms with Crippen LogP contribution in [0.25, 0.3) is 0 Å². The van der Waals surface area contributed by atoms with Crippen LogP contribution in [0, 0.1) is 0 Å². The fourth-order valence-corrected chi connectivity index (χ4v) is 27.4. The predicted octanol–water partition coefficient (Wildman–Crippen LogP) is 8.25. The van der Waals surface area contributed by atoms with Crippen molar-refractivity contribution < 1.29 is 43.8 Å². The molecule has 0 aromatic carbocycles. The first kappa shape index (κ1) is 49.4. The molecule has 0 rings (SSSR count). The molecule has 0 aliphatic carbocycles. The Bertz CT molecular complexity index is 1060. The van der Waals surface area contributed by atoms with Crippen molar-refractivity contribution in [1.29, 1.82) is 0 Å². The summed E-state index contributed by atoms with van der Waals surface area (Å²) in [6.45, 7) is 8.19. The van der Waals surface area contributed by atoms with Gasteiger partial charge in [-0.15, -0.1) is 0 Å². The molecule has 12 nitrogen and oxygen atoms in total. The fourth-order valence-electron chi connectivity index (χ4n) is 5.11.